The van der Waals surface area contributed by atoms with Gasteiger partial charge in [-0.2, -0.15) is 5.10 Å². The lowest BCUT2D eigenvalue weighted by Crippen LogP contribution is -2.53. The van der Waals surface area contributed by atoms with Crippen LogP contribution in [0, 0.1) is 5.92 Å². The first-order valence-corrected chi connectivity index (χ1v) is 7.16. The number of nitrogens with one attached hydrogen (secondary N) is 1. The van der Waals surface area contributed by atoms with Crippen molar-refractivity contribution in [2.24, 2.45) is 11.0 Å². The molecule has 5 nitrogen and oxygen atoms in total. The maximum absolute atomic E-state index is 12.0. The summed E-state index contributed by atoms with van der Waals surface area (Å²) in [4.78, 5) is 23.3. The number of carbonyl (C=O) groups excluding carboxylic acids is 2. The zero-order valence-electron chi connectivity index (χ0n) is 11.8. The Balaban J connectivity index is 1.86. The molecule has 0 aromatic heterocycles. The van der Waals surface area contributed by atoms with Crippen LogP contribution in [-0.2, 0) is 9.59 Å². The molecular formula is C15H19N3O2. The van der Waals surface area contributed by atoms with Crippen LogP contribution in [0.5, 0.6) is 0 Å². The van der Waals surface area contributed by atoms with Crippen molar-refractivity contribution in [2.45, 2.75) is 45.2 Å². The number of piperidine rings is 1. The van der Waals surface area contributed by atoms with Crippen molar-refractivity contribution >= 4 is 17.5 Å². The minimum Gasteiger partial charge on any atom is -0.295 e. The van der Waals surface area contributed by atoms with Crippen LogP contribution in [-0.4, -0.2) is 34.6 Å². The molecule has 1 aliphatic carbocycles. The van der Waals surface area contributed by atoms with Gasteiger partial charge in [0.1, 0.15) is 6.04 Å². The molecule has 0 radical (unpaired) electrons. The third-order valence-corrected chi connectivity index (χ3v) is 4.33. The zero-order chi connectivity index (χ0) is 14.3. The van der Waals surface area contributed by atoms with Crippen LogP contribution >= 0.6 is 0 Å². The molecule has 1 saturated heterocycles. The summed E-state index contributed by atoms with van der Waals surface area (Å²) in [6.45, 7) is 4.16. The number of fused-ring (bicyclic) bond motifs is 1. The van der Waals surface area contributed by atoms with Crippen LogP contribution in [0.4, 0.5) is 0 Å². The van der Waals surface area contributed by atoms with Crippen LogP contribution < -0.4 is 5.32 Å². The fourth-order valence-electron chi connectivity index (χ4n) is 3.34. The SMILES string of the molecule is CCC1=CC=CC2C1C(C)=NN2C1CCC(=O)NC1=O. The number of amides is 2. The molecule has 3 aliphatic rings. The zero-order valence-corrected chi connectivity index (χ0v) is 11.8. The lowest BCUT2D eigenvalue weighted by Gasteiger charge is -2.35. The van der Waals surface area contributed by atoms with E-state index in [0.717, 1.165) is 12.1 Å². The number of imide groups is 1. The smallest absolute Gasteiger partial charge is 0.251 e. The minimum atomic E-state index is -0.335. The summed E-state index contributed by atoms with van der Waals surface area (Å²) in [7, 11) is 0. The molecule has 0 aromatic rings. The third kappa shape index (κ3) is 1.97. The highest BCUT2D eigenvalue weighted by Gasteiger charge is 2.43. The molecular weight excluding hydrogens is 254 g/mol. The van der Waals surface area contributed by atoms with Gasteiger partial charge in [0.25, 0.3) is 5.91 Å². The molecule has 0 bridgehead atoms. The molecule has 2 heterocycles. The topological polar surface area (TPSA) is 61.8 Å². The Morgan fingerprint density at radius 3 is 2.95 bits per heavy atom. The average Bonchev–Trinajstić information content (AvgIpc) is 2.76. The number of allylic oxidation sites excluding steroid dienone is 2. The van der Waals surface area contributed by atoms with Gasteiger partial charge in [0.2, 0.25) is 5.91 Å². The molecule has 5 heteroatoms. The Labute approximate surface area is 118 Å². The van der Waals surface area contributed by atoms with E-state index in [-0.39, 0.29) is 29.8 Å². The molecule has 0 spiro atoms. The molecule has 2 amide bonds. The summed E-state index contributed by atoms with van der Waals surface area (Å²) in [5, 5.41) is 8.92. The lowest BCUT2D eigenvalue weighted by molar-refractivity contribution is -0.137. The molecule has 20 heavy (non-hydrogen) atoms. The van der Waals surface area contributed by atoms with Crippen molar-refractivity contribution in [3.8, 4) is 0 Å². The van der Waals surface area contributed by atoms with Crippen molar-refractivity contribution in [1.29, 1.82) is 0 Å². The first-order chi connectivity index (χ1) is 9.61. The van der Waals surface area contributed by atoms with E-state index >= 15 is 0 Å². The molecule has 1 fully saturated rings. The summed E-state index contributed by atoms with van der Waals surface area (Å²) < 4.78 is 0. The Morgan fingerprint density at radius 1 is 1.45 bits per heavy atom. The van der Waals surface area contributed by atoms with Crippen LogP contribution in [0.2, 0.25) is 0 Å². The third-order valence-electron chi connectivity index (χ3n) is 4.33. The van der Waals surface area contributed by atoms with Gasteiger partial charge >= 0.3 is 0 Å². The molecule has 0 aromatic carbocycles. The molecule has 3 rings (SSSR count). The second-order valence-corrected chi connectivity index (χ2v) is 5.54. The highest BCUT2D eigenvalue weighted by molar-refractivity contribution is 6.00. The normalized spacial score (nSPS) is 32.7. The van der Waals surface area contributed by atoms with Gasteiger partial charge in [-0.15, -0.1) is 0 Å². The molecule has 0 saturated carbocycles. The Hall–Kier alpha value is -1.91. The van der Waals surface area contributed by atoms with E-state index in [4.69, 9.17) is 0 Å². The van der Waals surface area contributed by atoms with Gasteiger partial charge in [-0.05, 0) is 19.8 Å². The highest BCUT2D eigenvalue weighted by atomic mass is 16.2. The second kappa shape index (κ2) is 4.89. The maximum atomic E-state index is 12.0. The Morgan fingerprint density at radius 2 is 2.25 bits per heavy atom. The van der Waals surface area contributed by atoms with Gasteiger partial charge in [0, 0.05) is 18.1 Å². The number of nitrogens with zero attached hydrogens (tertiary/aromatic N) is 2. The number of hydrogen-bond acceptors (Lipinski definition) is 4. The van der Waals surface area contributed by atoms with Crippen molar-refractivity contribution < 1.29 is 9.59 Å². The van der Waals surface area contributed by atoms with Crippen molar-refractivity contribution in [2.75, 3.05) is 0 Å². The molecule has 1 N–H and O–H groups in total. The summed E-state index contributed by atoms with van der Waals surface area (Å²) in [5.41, 5.74) is 2.41. The van der Waals surface area contributed by atoms with Gasteiger partial charge in [-0.3, -0.25) is 19.9 Å². The van der Waals surface area contributed by atoms with Gasteiger partial charge in [0.15, 0.2) is 0 Å². The van der Waals surface area contributed by atoms with E-state index in [2.05, 4.69) is 29.5 Å². The van der Waals surface area contributed by atoms with Crippen molar-refractivity contribution in [1.82, 2.24) is 10.3 Å². The summed E-state index contributed by atoms with van der Waals surface area (Å²) in [6, 6.07) is -0.225. The fraction of sp³-hybridized carbons (Fsp3) is 0.533. The average molecular weight is 273 g/mol. The number of hydrazone groups is 1. The first-order valence-electron chi connectivity index (χ1n) is 7.16. The van der Waals surface area contributed by atoms with Crippen LogP contribution in [0.25, 0.3) is 0 Å². The summed E-state index contributed by atoms with van der Waals surface area (Å²) in [5.74, 6) is -0.133. The largest absolute Gasteiger partial charge is 0.295 e. The van der Waals surface area contributed by atoms with E-state index in [0.29, 0.717) is 12.8 Å². The Kier molecular flexibility index (Phi) is 3.20. The van der Waals surface area contributed by atoms with Crippen LogP contribution in [0.15, 0.2) is 28.9 Å². The van der Waals surface area contributed by atoms with E-state index in [1.54, 1.807) is 0 Å². The number of hydrogen-bond donors (Lipinski definition) is 1. The van der Waals surface area contributed by atoms with E-state index in [9.17, 15) is 9.59 Å². The maximum Gasteiger partial charge on any atom is 0.251 e. The quantitative estimate of drug-likeness (QED) is 0.773. The van der Waals surface area contributed by atoms with Crippen molar-refractivity contribution in [3.05, 3.63) is 23.8 Å². The fourth-order valence-corrected chi connectivity index (χ4v) is 3.34. The van der Waals surface area contributed by atoms with Gasteiger partial charge < -0.3 is 0 Å². The van der Waals surface area contributed by atoms with E-state index in [1.807, 2.05) is 18.0 Å². The summed E-state index contributed by atoms with van der Waals surface area (Å²) in [6.07, 6.45) is 8.22. The minimum absolute atomic E-state index is 0.110. The number of carbonyl (C=O) groups is 2. The number of rotatable bonds is 2. The van der Waals surface area contributed by atoms with Gasteiger partial charge in [-0.1, -0.05) is 30.7 Å². The molecule has 2 aliphatic heterocycles. The predicted octanol–water partition coefficient (Wildman–Crippen LogP) is 1.37. The van der Waals surface area contributed by atoms with Gasteiger partial charge in [-0.25, -0.2) is 0 Å². The van der Waals surface area contributed by atoms with Crippen molar-refractivity contribution in [3.63, 3.8) is 0 Å². The monoisotopic (exact) mass is 273 g/mol. The second-order valence-electron chi connectivity index (χ2n) is 5.54. The standard InChI is InChI=1S/C15H19N3O2/c1-3-10-5-4-6-11-14(10)9(2)17-18(11)12-7-8-13(19)16-15(12)20/h4-6,11-12,14H,3,7-8H2,1-2H3,(H,16,19,20). The highest BCUT2D eigenvalue weighted by Crippen LogP contribution is 2.35. The lowest BCUT2D eigenvalue weighted by atomic mass is 9.83. The van der Waals surface area contributed by atoms with Crippen LogP contribution in [0.1, 0.15) is 33.1 Å². The molecule has 3 atom stereocenters. The predicted molar refractivity (Wildman–Crippen MR) is 75.9 cm³/mol. The van der Waals surface area contributed by atoms with Gasteiger partial charge in [0.05, 0.1) is 6.04 Å². The van der Waals surface area contributed by atoms with E-state index < -0.39 is 0 Å². The van der Waals surface area contributed by atoms with Crippen LogP contribution in [0.3, 0.4) is 0 Å². The molecule has 106 valence electrons. The van der Waals surface area contributed by atoms with E-state index in [1.165, 1.54) is 5.57 Å². The summed E-state index contributed by atoms with van der Waals surface area (Å²) >= 11 is 0. The Bertz CT molecular complexity index is 547. The molecule has 3 unspecified atom stereocenters. The first kappa shape index (κ1) is 13.1.